The molecule has 0 amide bonds. The van der Waals surface area contributed by atoms with E-state index in [0.717, 1.165) is 49.5 Å². The van der Waals surface area contributed by atoms with Crippen molar-refractivity contribution in [3.8, 4) is 5.75 Å². The molecule has 1 N–H and O–H groups in total. The summed E-state index contributed by atoms with van der Waals surface area (Å²) in [6, 6.07) is 8.84. The van der Waals surface area contributed by atoms with Crippen LogP contribution in [0.5, 0.6) is 5.75 Å². The van der Waals surface area contributed by atoms with Crippen LogP contribution in [0.1, 0.15) is 24.5 Å². The Kier molecular flexibility index (Phi) is 5.36. The van der Waals surface area contributed by atoms with Gasteiger partial charge in [-0.25, -0.2) is 4.99 Å². The van der Waals surface area contributed by atoms with Crippen molar-refractivity contribution in [1.29, 1.82) is 0 Å². The van der Waals surface area contributed by atoms with Gasteiger partial charge in [-0.15, -0.1) is 10.2 Å². The number of benzene rings is 1. The molecule has 8 nitrogen and oxygen atoms in total. The third kappa shape index (κ3) is 4.21. The minimum Gasteiger partial charge on any atom is -0.497 e. The minimum atomic E-state index is 0.544. The van der Waals surface area contributed by atoms with Crippen molar-refractivity contribution >= 4 is 11.6 Å². The van der Waals surface area contributed by atoms with Crippen LogP contribution in [0, 0.1) is 6.92 Å². The predicted molar refractivity (Wildman–Crippen MR) is 110 cm³/mol. The molecule has 1 aromatic heterocycles. The summed E-state index contributed by atoms with van der Waals surface area (Å²) in [4.78, 5) is 9.63. The SMILES string of the molecule is COc1cccc(N2CCN(C(=NCc3nnc(C)n3C)NC3CC3)CC2)c1. The molecule has 1 aliphatic heterocycles. The number of aromatic nitrogens is 3. The van der Waals surface area contributed by atoms with E-state index in [1.54, 1.807) is 7.11 Å². The maximum atomic E-state index is 5.36. The van der Waals surface area contributed by atoms with E-state index in [9.17, 15) is 0 Å². The molecule has 8 heteroatoms. The van der Waals surface area contributed by atoms with Crippen LogP contribution in [0.15, 0.2) is 29.3 Å². The maximum absolute atomic E-state index is 5.36. The zero-order valence-electron chi connectivity index (χ0n) is 16.9. The van der Waals surface area contributed by atoms with Gasteiger partial charge >= 0.3 is 0 Å². The van der Waals surface area contributed by atoms with Crippen LogP contribution in [0.2, 0.25) is 0 Å². The van der Waals surface area contributed by atoms with E-state index in [4.69, 9.17) is 9.73 Å². The fraction of sp³-hybridized carbons (Fsp3) is 0.550. The second kappa shape index (κ2) is 8.08. The molecule has 1 aliphatic carbocycles. The van der Waals surface area contributed by atoms with Crippen LogP contribution in [-0.4, -0.2) is 65.0 Å². The Hall–Kier alpha value is -2.77. The number of rotatable bonds is 5. The highest BCUT2D eigenvalue weighted by Crippen LogP contribution is 2.23. The molecule has 0 unspecified atom stereocenters. The average molecular weight is 384 g/mol. The molecule has 1 aromatic carbocycles. The van der Waals surface area contributed by atoms with Crippen molar-refractivity contribution in [1.82, 2.24) is 25.0 Å². The number of aryl methyl sites for hydroxylation is 1. The highest BCUT2D eigenvalue weighted by Gasteiger charge is 2.27. The van der Waals surface area contributed by atoms with Gasteiger partial charge in [-0.3, -0.25) is 0 Å². The first-order chi connectivity index (χ1) is 13.6. The molecular formula is C20H29N7O. The van der Waals surface area contributed by atoms with E-state index >= 15 is 0 Å². The fourth-order valence-corrected chi connectivity index (χ4v) is 3.37. The van der Waals surface area contributed by atoms with Gasteiger partial charge in [0, 0.05) is 51.0 Å². The van der Waals surface area contributed by atoms with Gasteiger partial charge in [0.1, 0.15) is 18.1 Å². The largest absolute Gasteiger partial charge is 0.497 e. The Balaban J connectivity index is 1.42. The number of anilines is 1. The topological polar surface area (TPSA) is 70.8 Å². The zero-order chi connectivity index (χ0) is 19.5. The molecule has 0 bridgehead atoms. The molecule has 2 heterocycles. The highest BCUT2D eigenvalue weighted by molar-refractivity contribution is 5.81. The van der Waals surface area contributed by atoms with E-state index in [-0.39, 0.29) is 0 Å². The Morgan fingerprint density at radius 1 is 1.21 bits per heavy atom. The molecule has 0 radical (unpaired) electrons. The summed E-state index contributed by atoms with van der Waals surface area (Å²) in [6.07, 6.45) is 2.46. The average Bonchev–Trinajstić information content (AvgIpc) is 3.51. The van der Waals surface area contributed by atoms with E-state index < -0.39 is 0 Å². The summed E-state index contributed by atoms with van der Waals surface area (Å²) in [5.74, 6) is 3.70. The summed E-state index contributed by atoms with van der Waals surface area (Å²) in [5, 5.41) is 12.0. The van der Waals surface area contributed by atoms with Gasteiger partial charge in [0.15, 0.2) is 11.8 Å². The lowest BCUT2D eigenvalue weighted by Crippen LogP contribution is -2.53. The van der Waals surface area contributed by atoms with Crippen molar-refractivity contribution in [2.75, 3.05) is 38.2 Å². The maximum Gasteiger partial charge on any atom is 0.194 e. The first-order valence-corrected chi connectivity index (χ1v) is 9.94. The zero-order valence-corrected chi connectivity index (χ0v) is 16.9. The second-order valence-corrected chi connectivity index (χ2v) is 7.46. The van der Waals surface area contributed by atoms with Gasteiger partial charge in [0.05, 0.1) is 7.11 Å². The number of guanidine groups is 1. The van der Waals surface area contributed by atoms with Crippen LogP contribution in [0.3, 0.4) is 0 Å². The van der Waals surface area contributed by atoms with E-state index in [2.05, 4.69) is 37.4 Å². The third-order valence-corrected chi connectivity index (χ3v) is 5.46. The third-order valence-electron chi connectivity index (χ3n) is 5.46. The van der Waals surface area contributed by atoms with Gasteiger partial charge in [0.2, 0.25) is 0 Å². The van der Waals surface area contributed by atoms with E-state index in [0.29, 0.717) is 12.6 Å². The van der Waals surface area contributed by atoms with Crippen LogP contribution in [-0.2, 0) is 13.6 Å². The molecular weight excluding hydrogens is 354 g/mol. The lowest BCUT2D eigenvalue weighted by molar-refractivity contribution is 0.370. The van der Waals surface area contributed by atoms with Crippen molar-refractivity contribution in [2.45, 2.75) is 32.4 Å². The smallest absolute Gasteiger partial charge is 0.194 e. The molecule has 2 aromatic rings. The number of nitrogens with one attached hydrogen (secondary N) is 1. The normalized spacial score (nSPS) is 17.8. The van der Waals surface area contributed by atoms with E-state index in [1.165, 1.54) is 18.5 Å². The quantitative estimate of drug-likeness (QED) is 0.624. The van der Waals surface area contributed by atoms with Gasteiger partial charge in [-0.1, -0.05) is 6.07 Å². The summed E-state index contributed by atoms with van der Waals surface area (Å²) < 4.78 is 7.36. The molecule has 1 saturated heterocycles. The van der Waals surface area contributed by atoms with Crippen molar-refractivity contribution < 1.29 is 4.74 Å². The molecule has 0 atom stereocenters. The first-order valence-electron chi connectivity index (χ1n) is 9.94. The highest BCUT2D eigenvalue weighted by atomic mass is 16.5. The van der Waals surface area contributed by atoms with Crippen LogP contribution >= 0.6 is 0 Å². The molecule has 150 valence electrons. The summed E-state index contributed by atoms with van der Waals surface area (Å²) >= 11 is 0. The Bertz CT molecular complexity index is 835. The second-order valence-electron chi connectivity index (χ2n) is 7.46. The van der Waals surface area contributed by atoms with Crippen molar-refractivity contribution in [3.05, 3.63) is 35.9 Å². The number of hydrogen-bond acceptors (Lipinski definition) is 5. The molecule has 2 aliphatic rings. The Morgan fingerprint density at radius 3 is 2.64 bits per heavy atom. The lowest BCUT2D eigenvalue weighted by Gasteiger charge is -2.38. The fourth-order valence-electron chi connectivity index (χ4n) is 3.37. The monoisotopic (exact) mass is 383 g/mol. The van der Waals surface area contributed by atoms with Crippen molar-refractivity contribution in [3.63, 3.8) is 0 Å². The lowest BCUT2D eigenvalue weighted by atomic mass is 10.2. The number of aliphatic imine (C=N–C) groups is 1. The molecule has 4 rings (SSSR count). The van der Waals surface area contributed by atoms with Gasteiger partial charge in [-0.05, 0) is 31.9 Å². The predicted octanol–water partition coefficient (Wildman–Crippen LogP) is 1.56. The molecule has 0 spiro atoms. The molecule has 28 heavy (non-hydrogen) atoms. The number of piperazine rings is 1. The standard InChI is InChI=1S/C20H29N7O/c1-15-23-24-19(25(15)2)14-21-20(22-16-7-8-16)27-11-9-26(10-12-27)17-5-4-6-18(13-17)28-3/h4-6,13,16H,7-12,14H2,1-3H3,(H,21,22). The Morgan fingerprint density at radius 2 is 2.00 bits per heavy atom. The van der Waals surface area contributed by atoms with Crippen LogP contribution in [0.25, 0.3) is 0 Å². The van der Waals surface area contributed by atoms with Gasteiger partial charge in [0.25, 0.3) is 0 Å². The van der Waals surface area contributed by atoms with Crippen molar-refractivity contribution in [2.24, 2.45) is 12.0 Å². The number of ether oxygens (including phenoxy) is 1. The number of methoxy groups -OCH3 is 1. The first kappa shape index (κ1) is 18.6. The van der Waals surface area contributed by atoms with Gasteiger partial charge < -0.3 is 24.4 Å². The summed E-state index contributed by atoms with van der Waals surface area (Å²) in [5.41, 5.74) is 1.21. The van der Waals surface area contributed by atoms with Crippen LogP contribution < -0.4 is 15.0 Å². The van der Waals surface area contributed by atoms with Crippen LogP contribution in [0.4, 0.5) is 5.69 Å². The number of hydrogen-bond donors (Lipinski definition) is 1. The summed E-state index contributed by atoms with van der Waals surface area (Å²) in [6.45, 7) is 6.30. The van der Waals surface area contributed by atoms with Gasteiger partial charge in [-0.2, -0.15) is 0 Å². The Labute approximate surface area is 166 Å². The minimum absolute atomic E-state index is 0.544. The van der Waals surface area contributed by atoms with E-state index in [1.807, 2.05) is 30.7 Å². The molecule has 1 saturated carbocycles. The summed E-state index contributed by atoms with van der Waals surface area (Å²) in [7, 11) is 3.70. The number of nitrogens with zero attached hydrogens (tertiary/aromatic N) is 6. The molecule has 2 fully saturated rings.